The molecule has 2 heteroatoms. The molecular weight excluding hydrogens is 373 g/mol. The average molecular weight is 410 g/mol. The fraction of sp³-hybridized carbons (Fsp3) is 0.750. The van der Waals surface area contributed by atoms with Gasteiger partial charge in [-0.2, -0.15) is 0 Å². The average Bonchev–Trinajstić information content (AvgIpc) is 2.52. The monoisotopic (exact) mass is 411 g/mol. The van der Waals surface area contributed by atoms with Crippen molar-refractivity contribution in [3.8, 4) is 0 Å². The number of aromatic nitrogens is 1. The van der Waals surface area contributed by atoms with Crippen LogP contribution in [-0.2, 0) is 0 Å². The Labute approximate surface area is 143 Å². The molecule has 1 aromatic rings. The van der Waals surface area contributed by atoms with Gasteiger partial charge < -0.3 is 0 Å². The van der Waals surface area contributed by atoms with Crippen molar-refractivity contribution >= 4 is 22.1 Å². The van der Waals surface area contributed by atoms with Gasteiger partial charge in [-0.25, -0.2) is 0 Å². The fourth-order valence-corrected chi connectivity index (χ4v) is 18.6. The Morgan fingerprint density at radius 1 is 0.818 bits per heavy atom. The second-order valence-corrected chi connectivity index (χ2v) is 20.1. The molecule has 0 aliphatic rings. The summed E-state index contributed by atoms with van der Waals surface area (Å²) in [5, 5.41) is 0. The molecule has 0 amide bonds. The molecule has 0 radical (unpaired) electrons. The summed E-state index contributed by atoms with van der Waals surface area (Å²) in [6.07, 6.45) is 13.2. The SMILES string of the molecule is CCCC[CH2][Sn]([CH2]CCC)([CH2]CCCC)[c]1cc(C)ccn1. The number of unbranched alkanes of at least 4 members (excludes halogenated alkanes) is 5. The summed E-state index contributed by atoms with van der Waals surface area (Å²) in [6.45, 7) is 9.23. The number of aryl methyl sites for hydroxylation is 1. The normalized spacial score (nSPS) is 11.8. The molecule has 0 aliphatic carbocycles. The van der Waals surface area contributed by atoms with E-state index >= 15 is 0 Å². The molecule has 1 heterocycles. The van der Waals surface area contributed by atoms with Gasteiger partial charge in [-0.3, -0.25) is 0 Å². The first-order chi connectivity index (χ1) is 10.7. The van der Waals surface area contributed by atoms with Crippen LogP contribution < -0.4 is 3.71 Å². The van der Waals surface area contributed by atoms with E-state index in [1.165, 1.54) is 70.2 Å². The molecule has 0 aliphatic heterocycles. The third kappa shape index (κ3) is 6.60. The van der Waals surface area contributed by atoms with Crippen LogP contribution in [0.15, 0.2) is 18.3 Å². The Hall–Kier alpha value is -0.0513. The van der Waals surface area contributed by atoms with Gasteiger partial charge in [-0.05, 0) is 0 Å². The standard InChI is InChI=1S/C6H6N.2C5H11.C4H9.Sn/c1-6-2-4-7-5-3-6;2*1-3-5-4-2;1-3-4-2;/h2-4H,1H3;2*1,3-5H2,2H3;1,3-4H2,2H3;. The van der Waals surface area contributed by atoms with E-state index in [0.717, 1.165) is 0 Å². The van der Waals surface area contributed by atoms with E-state index in [0.29, 0.717) is 0 Å². The zero-order valence-corrected chi connectivity index (χ0v) is 18.3. The van der Waals surface area contributed by atoms with Crippen LogP contribution in [0.5, 0.6) is 0 Å². The van der Waals surface area contributed by atoms with Gasteiger partial charge in [0, 0.05) is 0 Å². The van der Waals surface area contributed by atoms with Crippen LogP contribution >= 0.6 is 0 Å². The Bertz CT molecular complexity index is 392. The van der Waals surface area contributed by atoms with Gasteiger partial charge in [0.15, 0.2) is 0 Å². The predicted molar refractivity (Wildman–Crippen MR) is 103 cm³/mol. The fourth-order valence-electron chi connectivity index (χ4n) is 3.53. The molecule has 0 spiro atoms. The first-order valence-electron chi connectivity index (χ1n) is 9.61. The number of rotatable bonds is 12. The third-order valence-electron chi connectivity index (χ3n) is 4.99. The molecule has 126 valence electrons. The van der Waals surface area contributed by atoms with Gasteiger partial charge in [0.2, 0.25) is 0 Å². The van der Waals surface area contributed by atoms with Gasteiger partial charge in [0.1, 0.15) is 0 Å². The summed E-state index contributed by atoms with van der Waals surface area (Å²) in [5.41, 5.74) is 1.41. The van der Waals surface area contributed by atoms with E-state index in [1.807, 2.05) is 0 Å². The van der Waals surface area contributed by atoms with E-state index in [2.05, 4.69) is 46.0 Å². The van der Waals surface area contributed by atoms with Gasteiger partial charge in [-0.15, -0.1) is 0 Å². The van der Waals surface area contributed by atoms with Crippen LogP contribution in [0.3, 0.4) is 0 Å². The quantitative estimate of drug-likeness (QED) is 0.294. The van der Waals surface area contributed by atoms with Crippen molar-refractivity contribution in [2.75, 3.05) is 0 Å². The topological polar surface area (TPSA) is 12.9 Å². The van der Waals surface area contributed by atoms with Crippen LogP contribution in [-0.4, -0.2) is 23.4 Å². The van der Waals surface area contributed by atoms with Crippen molar-refractivity contribution in [1.82, 2.24) is 4.98 Å². The molecule has 1 nitrogen and oxygen atoms in total. The third-order valence-corrected chi connectivity index (χ3v) is 20.1. The molecule has 22 heavy (non-hydrogen) atoms. The summed E-state index contributed by atoms with van der Waals surface area (Å²) in [7, 11) is 0. The molecule has 1 aromatic heterocycles. The molecular formula is C20H37NSn. The molecule has 0 saturated carbocycles. The van der Waals surface area contributed by atoms with Crippen molar-refractivity contribution < 1.29 is 0 Å². The Morgan fingerprint density at radius 2 is 1.36 bits per heavy atom. The van der Waals surface area contributed by atoms with Crippen molar-refractivity contribution in [1.29, 1.82) is 0 Å². The molecule has 0 aromatic carbocycles. The summed E-state index contributed by atoms with van der Waals surface area (Å²) in [4.78, 5) is 4.92. The first-order valence-corrected chi connectivity index (χ1v) is 17.1. The van der Waals surface area contributed by atoms with Crippen LogP contribution in [0.25, 0.3) is 0 Å². The molecule has 0 unspecified atom stereocenters. The van der Waals surface area contributed by atoms with Gasteiger partial charge in [-0.1, -0.05) is 0 Å². The second kappa shape index (κ2) is 11.5. The summed E-state index contributed by atoms with van der Waals surface area (Å²) in [6, 6.07) is 4.61. The first kappa shape index (κ1) is 20.0. The summed E-state index contributed by atoms with van der Waals surface area (Å²) in [5.74, 6) is 0. The van der Waals surface area contributed by atoms with E-state index in [1.54, 1.807) is 3.71 Å². The number of pyridine rings is 1. The van der Waals surface area contributed by atoms with Crippen LogP contribution in [0.4, 0.5) is 0 Å². The summed E-state index contributed by atoms with van der Waals surface area (Å²) >= 11 is -2.30. The maximum atomic E-state index is 4.92. The van der Waals surface area contributed by atoms with Crippen molar-refractivity contribution in [2.45, 2.75) is 92.4 Å². The Balaban J connectivity index is 2.99. The van der Waals surface area contributed by atoms with E-state index in [-0.39, 0.29) is 0 Å². The predicted octanol–water partition coefficient (Wildman–Crippen LogP) is 6.23. The molecule has 0 N–H and O–H groups in total. The van der Waals surface area contributed by atoms with Crippen molar-refractivity contribution in [3.63, 3.8) is 0 Å². The number of hydrogen-bond donors (Lipinski definition) is 0. The van der Waals surface area contributed by atoms with E-state index < -0.39 is 18.4 Å². The van der Waals surface area contributed by atoms with Gasteiger partial charge in [0.05, 0.1) is 0 Å². The van der Waals surface area contributed by atoms with Gasteiger partial charge in [0.25, 0.3) is 0 Å². The van der Waals surface area contributed by atoms with E-state index in [4.69, 9.17) is 4.98 Å². The minimum atomic E-state index is -2.30. The Kier molecular flexibility index (Phi) is 10.4. The number of nitrogens with zero attached hydrogens (tertiary/aromatic N) is 1. The second-order valence-electron chi connectivity index (χ2n) is 7.02. The van der Waals surface area contributed by atoms with Crippen LogP contribution in [0, 0.1) is 6.92 Å². The molecule has 0 saturated heterocycles. The molecule has 1 rings (SSSR count). The minimum absolute atomic E-state index is 1.34. The Morgan fingerprint density at radius 3 is 1.86 bits per heavy atom. The van der Waals surface area contributed by atoms with Crippen molar-refractivity contribution in [3.05, 3.63) is 23.9 Å². The van der Waals surface area contributed by atoms with Crippen LogP contribution in [0.1, 0.15) is 77.7 Å². The maximum absolute atomic E-state index is 4.92. The number of hydrogen-bond acceptors (Lipinski definition) is 1. The van der Waals surface area contributed by atoms with Crippen LogP contribution in [0.2, 0.25) is 13.3 Å². The molecule has 0 atom stereocenters. The van der Waals surface area contributed by atoms with E-state index in [9.17, 15) is 0 Å². The molecule has 0 bridgehead atoms. The summed E-state index contributed by atoms with van der Waals surface area (Å²) < 4.78 is 6.16. The zero-order chi connectivity index (χ0) is 16.3. The molecule has 0 fully saturated rings. The van der Waals surface area contributed by atoms with Gasteiger partial charge >= 0.3 is 143 Å². The zero-order valence-electron chi connectivity index (χ0n) is 15.5. The van der Waals surface area contributed by atoms with Crippen molar-refractivity contribution in [2.24, 2.45) is 0 Å².